The summed E-state index contributed by atoms with van der Waals surface area (Å²) < 4.78 is 0.983. The van der Waals surface area contributed by atoms with E-state index in [4.69, 9.17) is 5.73 Å². The van der Waals surface area contributed by atoms with E-state index in [1.54, 1.807) is 23.1 Å². The molecular formula is C11H20N2OS2. The molecule has 0 aliphatic rings. The predicted molar refractivity (Wildman–Crippen MR) is 71.0 cm³/mol. The quantitative estimate of drug-likeness (QED) is 0.815. The van der Waals surface area contributed by atoms with Gasteiger partial charge in [-0.2, -0.15) is 0 Å². The van der Waals surface area contributed by atoms with Crippen LogP contribution < -0.4 is 5.73 Å². The largest absolute Gasteiger partial charge is 0.395 e. The SMILES string of the molecule is Cc1csc(SC(CO)C(N)C(C)(C)C)n1. The van der Waals surface area contributed by atoms with Gasteiger partial charge in [-0.15, -0.1) is 11.3 Å². The lowest BCUT2D eigenvalue weighted by Gasteiger charge is -2.32. The molecule has 0 saturated heterocycles. The van der Waals surface area contributed by atoms with Crippen molar-refractivity contribution in [2.24, 2.45) is 11.1 Å². The maximum atomic E-state index is 9.40. The molecule has 0 bridgehead atoms. The molecule has 0 aromatic carbocycles. The van der Waals surface area contributed by atoms with Crippen LogP contribution in [0, 0.1) is 12.3 Å². The van der Waals surface area contributed by atoms with E-state index >= 15 is 0 Å². The average molecular weight is 260 g/mol. The van der Waals surface area contributed by atoms with Crippen molar-refractivity contribution in [1.82, 2.24) is 4.98 Å². The number of thioether (sulfide) groups is 1. The normalized spacial score (nSPS) is 16.1. The fraction of sp³-hybridized carbons (Fsp3) is 0.727. The van der Waals surface area contributed by atoms with Crippen LogP contribution in [0.15, 0.2) is 9.72 Å². The zero-order valence-corrected chi connectivity index (χ0v) is 11.9. The summed E-state index contributed by atoms with van der Waals surface area (Å²) in [5.41, 5.74) is 7.17. The first-order valence-corrected chi connectivity index (χ1v) is 7.05. The van der Waals surface area contributed by atoms with Crippen LogP contribution >= 0.6 is 23.1 Å². The molecule has 3 N–H and O–H groups in total. The molecule has 1 aromatic rings. The Bertz CT molecular complexity index is 333. The number of aryl methyl sites for hydroxylation is 1. The Labute approximate surface area is 105 Å². The summed E-state index contributed by atoms with van der Waals surface area (Å²) in [5, 5.41) is 11.4. The lowest BCUT2D eigenvalue weighted by atomic mass is 9.85. The molecule has 3 nitrogen and oxygen atoms in total. The number of nitrogens with two attached hydrogens (primary N) is 1. The van der Waals surface area contributed by atoms with Crippen molar-refractivity contribution >= 4 is 23.1 Å². The van der Waals surface area contributed by atoms with Crippen LogP contribution in [0.4, 0.5) is 0 Å². The molecule has 0 radical (unpaired) electrons. The summed E-state index contributed by atoms with van der Waals surface area (Å²) in [6, 6.07) is -0.0493. The molecule has 1 rings (SSSR count). The molecule has 1 aromatic heterocycles. The Balaban J connectivity index is 2.69. The Hall–Kier alpha value is -0.100. The first-order valence-electron chi connectivity index (χ1n) is 5.30. The van der Waals surface area contributed by atoms with Gasteiger partial charge >= 0.3 is 0 Å². The monoisotopic (exact) mass is 260 g/mol. The van der Waals surface area contributed by atoms with Gasteiger partial charge in [0, 0.05) is 17.1 Å². The van der Waals surface area contributed by atoms with Gasteiger partial charge in [0.2, 0.25) is 0 Å². The molecule has 16 heavy (non-hydrogen) atoms. The highest BCUT2D eigenvalue weighted by Gasteiger charge is 2.29. The molecule has 0 spiro atoms. The van der Waals surface area contributed by atoms with Gasteiger partial charge in [0.25, 0.3) is 0 Å². The van der Waals surface area contributed by atoms with Crippen LogP contribution in [0.3, 0.4) is 0 Å². The molecular weight excluding hydrogens is 240 g/mol. The van der Waals surface area contributed by atoms with Gasteiger partial charge in [-0.1, -0.05) is 32.5 Å². The molecule has 0 saturated carbocycles. The van der Waals surface area contributed by atoms with Gasteiger partial charge in [0.1, 0.15) is 0 Å². The second-order valence-electron chi connectivity index (χ2n) is 4.99. The molecule has 0 amide bonds. The fourth-order valence-corrected chi connectivity index (χ4v) is 3.64. The van der Waals surface area contributed by atoms with E-state index in [2.05, 4.69) is 25.8 Å². The smallest absolute Gasteiger partial charge is 0.150 e. The molecule has 2 unspecified atom stereocenters. The Morgan fingerprint density at radius 1 is 1.56 bits per heavy atom. The van der Waals surface area contributed by atoms with Crippen molar-refractivity contribution in [3.8, 4) is 0 Å². The molecule has 0 aliphatic carbocycles. The predicted octanol–water partition coefficient (Wildman–Crippen LogP) is 2.28. The second kappa shape index (κ2) is 5.49. The number of hydrogen-bond donors (Lipinski definition) is 2. The Morgan fingerprint density at radius 3 is 2.56 bits per heavy atom. The van der Waals surface area contributed by atoms with Crippen molar-refractivity contribution in [1.29, 1.82) is 0 Å². The molecule has 1 heterocycles. The first kappa shape index (κ1) is 14.0. The van der Waals surface area contributed by atoms with E-state index in [-0.39, 0.29) is 23.3 Å². The van der Waals surface area contributed by atoms with Crippen LogP contribution in [-0.2, 0) is 0 Å². The van der Waals surface area contributed by atoms with Crippen LogP contribution in [-0.4, -0.2) is 28.0 Å². The van der Waals surface area contributed by atoms with Gasteiger partial charge in [-0.3, -0.25) is 0 Å². The van der Waals surface area contributed by atoms with Crippen molar-refractivity contribution in [2.75, 3.05) is 6.61 Å². The van der Waals surface area contributed by atoms with Crippen molar-refractivity contribution in [2.45, 2.75) is 43.3 Å². The van der Waals surface area contributed by atoms with E-state index in [0.29, 0.717) is 0 Å². The lowest BCUT2D eigenvalue weighted by Crippen LogP contribution is -2.45. The van der Waals surface area contributed by atoms with Crippen LogP contribution in [0.25, 0.3) is 0 Å². The third-order valence-electron chi connectivity index (χ3n) is 2.43. The average Bonchev–Trinajstić information content (AvgIpc) is 2.58. The van der Waals surface area contributed by atoms with Crippen molar-refractivity contribution in [3.05, 3.63) is 11.1 Å². The van der Waals surface area contributed by atoms with Crippen LogP contribution in [0.5, 0.6) is 0 Å². The topological polar surface area (TPSA) is 59.1 Å². The maximum Gasteiger partial charge on any atom is 0.150 e. The molecule has 92 valence electrons. The van der Waals surface area contributed by atoms with Gasteiger partial charge in [0.15, 0.2) is 4.34 Å². The van der Waals surface area contributed by atoms with E-state index in [1.165, 1.54) is 0 Å². The summed E-state index contributed by atoms with van der Waals surface area (Å²) in [6.07, 6.45) is 0. The zero-order valence-electron chi connectivity index (χ0n) is 10.2. The summed E-state index contributed by atoms with van der Waals surface area (Å²) in [7, 11) is 0. The fourth-order valence-electron chi connectivity index (χ4n) is 1.30. The van der Waals surface area contributed by atoms with Crippen molar-refractivity contribution < 1.29 is 5.11 Å². The van der Waals surface area contributed by atoms with E-state index in [0.717, 1.165) is 10.0 Å². The van der Waals surface area contributed by atoms with Crippen LogP contribution in [0.2, 0.25) is 0 Å². The van der Waals surface area contributed by atoms with Gasteiger partial charge < -0.3 is 10.8 Å². The highest BCUT2D eigenvalue weighted by atomic mass is 32.2. The van der Waals surface area contributed by atoms with E-state index in [1.807, 2.05) is 12.3 Å². The highest BCUT2D eigenvalue weighted by molar-refractivity contribution is 8.01. The summed E-state index contributed by atoms with van der Waals surface area (Å²) >= 11 is 3.18. The highest BCUT2D eigenvalue weighted by Crippen LogP contribution is 2.32. The number of nitrogens with zero attached hydrogens (tertiary/aromatic N) is 1. The minimum Gasteiger partial charge on any atom is -0.395 e. The molecule has 5 heteroatoms. The molecule has 0 aliphatic heterocycles. The lowest BCUT2D eigenvalue weighted by molar-refractivity contribution is 0.233. The van der Waals surface area contributed by atoms with E-state index < -0.39 is 0 Å². The van der Waals surface area contributed by atoms with Gasteiger partial charge in [-0.25, -0.2) is 4.98 Å². The van der Waals surface area contributed by atoms with Gasteiger partial charge in [0.05, 0.1) is 11.9 Å². The van der Waals surface area contributed by atoms with Crippen molar-refractivity contribution in [3.63, 3.8) is 0 Å². The molecule has 0 fully saturated rings. The molecule has 2 atom stereocenters. The Kier molecular flexibility index (Phi) is 4.79. The summed E-state index contributed by atoms with van der Waals surface area (Å²) in [6.45, 7) is 8.33. The second-order valence-corrected chi connectivity index (χ2v) is 7.33. The number of aromatic nitrogens is 1. The standard InChI is InChI=1S/C11H20N2OS2/c1-7-6-15-10(13-7)16-8(5-14)9(12)11(2,3)4/h6,8-9,14H,5,12H2,1-4H3. The number of aliphatic hydroxyl groups excluding tert-OH is 1. The third-order valence-corrected chi connectivity index (χ3v) is 4.80. The number of aliphatic hydroxyl groups is 1. The first-order chi connectivity index (χ1) is 7.34. The summed E-state index contributed by atoms with van der Waals surface area (Å²) in [4.78, 5) is 4.38. The maximum absolute atomic E-state index is 9.40. The Morgan fingerprint density at radius 2 is 2.19 bits per heavy atom. The van der Waals surface area contributed by atoms with Gasteiger partial charge in [-0.05, 0) is 12.3 Å². The minimum absolute atomic E-state index is 0.00514. The minimum atomic E-state index is -0.0493. The third kappa shape index (κ3) is 3.73. The number of rotatable bonds is 4. The number of hydrogen-bond acceptors (Lipinski definition) is 5. The van der Waals surface area contributed by atoms with Crippen LogP contribution in [0.1, 0.15) is 26.5 Å². The number of thiazole rings is 1. The zero-order chi connectivity index (χ0) is 12.3. The van der Waals surface area contributed by atoms with E-state index in [9.17, 15) is 5.11 Å². The summed E-state index contributed by atoms with van der Waals surface area (Å²) in [5.74, 6) is 0.